The number of aliphatic carboxylic acids is 2. The van der Waals surface area contributed by atoms with Gasteiger partial charge in [0, 0.05) is 43.9 Å². The first-order chi connectivity index (χ1) is 17.5. The highest BCUT2D eigenvalue weighted by Crippen LogP contribution is 2.46. The SMILES string of the molecule is Cc1cncc(C(=O)N2CC3(CC(Oc4cccnc4)CS3)C2)c1.O=C(O)C(F)(F)F.O=C(O)C(F)(F)F. The molecule has 2 fully saturated rings. The first-order valence-electron chi connectivity index (χ1n) is 10.5. The Morgan fingerprint density at radius 1 is 1.03 bits per heavy atom. The second-order valence-electron chi connectivity index (χ2n) is 8.14. The zero-order valence-electron chi connectivity index (χ0n) is 19.5. The summed E-state index contributed by atoms with van der Waals surface area (Å²) in [7, 11) is 0. The number of likely N-dealkylation sites (tertiary alicyclic amines) is 1. The minimum Gasteiger partial charge on any atom is -0.488 e. The third kappa shape index (κ3) is 9.08. The Morgan fingerprint density at radius 3 is 2.08 bits per heavy atom. The van der Waals surface area contributed by atoms with Gasteiger partial charge in [0.1, 0.15) is 11.9 Å². The number of amides is 1. The van der Waals surface area contributed by atoms with Gasteiger partial charge in [-0.05, 0) is 30.7 Å². The maximum Gasteiger partial charge on any atom is 0.490 e. The Morgan fingerprint density at radius 2 is 1.61 bits per heavy atom. The van der Waals surface area contributed by atoms with Crippen LogP contribution >= 0.6 is 11.8 Å². The summed E-state index contributed by atoms with van der Waals surface area (Å²) < 4.78 is 69.6. The molecule has 1 atom stereocenters. The second-order valence-corrected chi connectivity index (χ2v) is 9.63. The lowest BCUT2D eigenvalue weighted by molar-refractivity contribution is -0.193. The zero-order valence-corrected chi connectivity index (χ0v) is 20.3. The average molecular weight is 569 g/mol. The van der Waals surface area contributed by atoms with E-state index in [-0.39, 0.29) is 16.8 Å². The van der Waals surface area contributed by atoms with Crippen LogP contribution < -0.4 is 4.74 Å². The highest BCUT2D eigenvalue weighted by atomic mass is 32.2. The van der Waals surface area contributed by atoms with E-state index in [2.05, 4.69) is 9.97 Å². The molecule has 16 heteroatoms. The summed E-state index contributed by atoms with van der Waals surface area (Å²) in [4.78, 5) is 40.4. The number of nitrogens with zero attached hydrogens (tertiary/aromatic N) is 3. The van der Waals surface area contributed by atoms with Crippen LogP contribution in [0.4, 0.5) is 26.3 Å². The van der Waals surface area contributed by atoms with Crippen molar-refractivity contribution >= 4 is 29.6 Å². The summed E-state index contributed by atoms with van der Waals surface area (Å²) in [6.07, 6.45) is -2.10. The van der Waals surface area contributed by atoms with Gasteiger partial charge >= 0.3 is 24.3 Å². The van der Waals surface area contributed by atoms with Gasteiger partial charge in [-0.15, -0.1) is 11.8 Å². The van der Waals surface area contributed by atoms with Gasteiger partial charge in [0.25, 0.3) is 5.91 Å². The number of aryl methyl sites for hydroxylation is 1. The summed E-state index contributed by atoms with van der Waals surface area (Å²) in [6.45, 7) is 3.53. The van der Waals surface area contributed by atoms with E-state index in [9.17, 15) is 31.1 Å². The number of hydrogen-bond donors (Lipinski definition) is 2. The van der Waals surface area contributed by atoms with Crippen LogP contribution in [0.25, 0.3) is 0 Å². The maximum absolute atomic E-state index is 12.5. The highest BCUT2D eigenvalue weighted by molar-refractivity contribution is 8.01. The van der Waals surface area contributed by atoms with Crippen molar-refractivity contribution in [2.45, 2.75) is 36.5 Å². The van der Waals surface area contributed by atoms with Crippen molar-refractivity contribution in [1.29, 1.82) is 0 Å². The number of carboxylic acids is 2. The number of alkyl halides is 6. The van der Waals surface area contributed by atoms with Gasteiger partial charge in [-0.25, -0.2) is 9.59 Å². The number of carboxylic acid groups (broad SMARTS) is 2. The molecule has 2 aliphatic rings. The van der Waals surface area contributed by atoms with Crippen LogP contribution in [-0.2, 0) is 9.59 Å². The first kappa shape index (κ1) is 30.7. The fourth-order valence-corrected chi connectivity index (χ4v) is 4.88. The average Bonchev–Trinajstić information content (AvgIpc) is 3.22. The first-order valence-corrected chi connectivity index (χ1v) is 11.5. The van der Waals surface area contributed by atoms with Crippen molar-refractivity contribution in [3.63, 3.8) is 0 Å². The van der Waals surface area contributed by atoms with E-state index in [1.54, 1.807) is 24.8 Å². The molecular weight excluding hydrogens is 548 g/mol. The summed E-state index contributed by atoms with van der Waals surface area (Å²) in [6, 6.07) is 5.72. The van der Waals surface area contributed by atoms with E-state index >= 15 is 0 Å². The van der Waals surface area contributed by atoms with Crippen LogP contribution in [0.5, 0.6) is 5.75 Å². The molecule has 0 bridgehead atoms. The van der Waals surface area contributed by atoms with Gasteiger partial charge in [-0.2, -0.15) is 26.3 Å². The number of rotatable bonds is 3. The number of thioether (sulfide) groups is 1. The smallest absolute Gasteiger partial charge is 0.488 e. The topological polar surface area (TPSA) is 130 Å². The van der Waals surface area contributed by atoms with E-state index in [4.69, 9.17) is 24.5 Å². The third-order valence-corrected chi connectivity index (χ3v) is 6.54. The zero-order chi connectivity index (χ0) is 28.7. The van der Waals surface area contributed by atoms with Crippen molar-refractivity contribution in [1.82, 2.24) is 14.9 Å². The lowest BCUT2D eigenvalue weighted by Gasteiger charge is -2.47. The molecule has 0 saturated carbocycles. The monoisotopic (exact) mass is 569 g/mol. The van der Waals surface area contributed by atoms with Crippen LogP contribution in [-0.4, -0.2) is 85.0 Å². The van der Waals surface area contributed by atoms with Gasteiger partial charge < -0.3 is 19.8 Å². The number of ether oxygens (including phenoxy) is 1. The lowest BCUT2D eigenvalue weighted by Crippen LogP contribution is -2.60. The summed E-state index contributed by atoms with van der Waals surface area (Å²) >= 11 is 1.92. The molecule has 1 spiro atoms. The van der Waals surface area contributed by atoms with E-state index < -0.39 is 24.3 Å². The highest BCUT2D eigenvalue weighted by Gasteiger charge is 2.51. The molecule has 0 radical (unpaired) electrons. The van der Waals surface area contributed by atoms with Crippen molar-refractivity contribution in [2.75, 3.05) is 18.8 Å². The molecule has 4 heterocycles. The van der Waals surface area contributed by atoms with E-state index in [0.717, 1.165) is 36.6 Å². The standard InChI is InChI=1S/C18H19N3O2S.2C2HF3O2/c1-13-5-14(8-20-7-13)17(22)21-11-18(12-21)6-16(10-24-18)23-15-3-2-4-19-9-15;2*3-2(4,5)1(6)7/h2-5,7-9,16H,6,10-12H2,1H3;2*(H,6,7). The Kier molecular flexibility index (Phi) is 9.94. The summed E-state index contributed by atoms with van der Waals surface area (Å²) in [5, 5.41) is 14.2. The molecule has 0 aromatic carbocycles. The molecule has 1 amide bonds. The lowest BCUT2D eigenvalue weighted by atomic mass is 9.92. The molecule has 2 aromatic rings. The number of aromatic nitrogens is 2. The molecular formula is C22H21F6N3O6S. The predicted octanol–water partition coefficient (Wildman–Crippen LogP) is 3.83. The third-order valence-electron chi connectivity index (χ3n) is 4.96. The minimum atomic E-state index is -5.08. The molecule has 0 aliphatic carbocycles. The quantitative estimate of drug-likeness (QED) is 0.530. The van der Waals surface area contributed by atoms with Gasteiger partial charge in [0.05, 0.1) is 16.5 Å². The molecule has 38 heavy (non-hydrogen) atoms. The van der Waals surface area contributed by atoms with Gasteiger partial charge in [0.2, 0.25) is 0 Å². The van der Waals surface area contributed by atoms with E-state index in [0.29, 0.717) is 5.56 Å². The number of halogens is 6. The number of pyridine rings is 2. The van der Waals surface area contributed by atoms with Gasteiger partial charge in [-0.3, -0.25) is 14.8 Å². The largest absolute Gasteiger partial charge is 0.490 e. The van der Waals surface area contributed by atoms with Crippen molar-refractivity contribution in [3.8, 4) is 5.75 Å². The summed E-state index contributed by atoms with van der Waals surface area (Å²) in [5.74, 6) is -3.66. The molecule has 9 nitrogen and oxygen atoms in total. The maximum atomic E-state index is 12.5. The summed E-state index contributed by atoms with van der Waals surface area (Å²) in [5.41, 5.74) is 1.69. The molecule has 4 rings (SSSR count). The molecule has 2 saturated heterocycles. The number of carbonyl (C=O) groups is 3. The molecule has 2 N–H and O–H groups in total. The fraction of sp³-hybridized carbons (Fsp3) is 0.409. The van der Waals surface area contributed by atoms with Crippen LogP contribution in [0.1, 0.15) is 22.3 Å². The number of hydrogen-bond acceptors (Lipinski definition) is 7. The number of carbonyl (C=O) groups excluding carboxylic acids is 1. The Labute approximate surface area is 215 Å². The predicted molar refractivity (Wildman–Crippen MR) is 121 cm³/mol. The molecule has 208 valence electrons. The van der Waals surface area contributed by atoms with Crippen molar-refractivity contribution in [2.24, 2.45) is 0 Å². The Balaban J connectivity index is 0.000000301. The van der Waals surface area contributed by atoms with E-state index in [1.807, 2.05) is 41.8 Å². The van der Waals surface area contributed by atoms with Gasteiger partial charge in [-0.1, -0.05) is 0 Å². The normalized spacial score (nSPS) is 17.8. The Bertz CT molecular complexity index is 1100. The van der Waals surface area contributed by atoms with Crippen molar-refractivity contribution in [3.05, 3.63) is 54.1 Å². The van der Waals surface area contributed by atoms with Crippen molar-refractivity contribution < 1.29 is 55.7 Å². The molecule has 2 aromatic heterocycles. The van der Waals surface area contributed by atoms with E-state index in [1.165, 1.54) is 0 Å². The molecule has 2 aliphatic heterocycles. The molecule has 1 unspecified atom stereocenters. The van der Waals surface area contributed by atoms with Gasteiger partial charge in [0.15, 0.2) is 0 Å². The van der Waals surface area contributed by atoms with Crippen LogP contribution in [0.3, 0.4) is 0 Å². The van der Waals surface area contributed by atoms with Crippen LogP contribution in [0, 0.1) is 6.92 Å². The van der Waals surface area contributed by atoms with Crippen LogP contribution in [0.15, 0.2) is 43.0 Å². The minimum absolute atomic E-state index is 0.0778. The second kappa shape index (κ2) is 12.3. The van der Waals surface area contributed by atoms with Crippen LogP contribution in [0.2, 0.25) is 0 Å². The Hall–Kier alpha value is -3.56. The fourth-order valence-electron chi connectivity index (χ4n) is 3.36.